The standard InChI is InChI=1S/C37H40N2O12/c1-5-47-30(40)12-11-25(36(43)48-6-2)39-35(42)19-7-9-21(10-8-19)38-33-23-16-27-26(50-18-51-27)15-22(23)31(32-24(33)17-49-37(32)44)20-13-28(45-3)34(41)29(14-20)46-4/h7-10,13-16,24-25,31-33,38,41H,5-6,11-12,17-18H2,1-4H3,(H,39,42)/t24-,25+,31?,32?,33+/m0/s1. The van der Waals surface area contributed by atoms with E-state index >= 15 is 0 Å². The second-order valence-corrected chi connectivity index (χ2v) is 12.2. The normalized spacial score (nSPS) is 20.3. The molecule has 3 aromatic rings. The number of esters is 3. The van der Waals surface area contributed by atoms with Gasteiger partial charge >= 0.3 is 17.9 Å². The number of amides is 1. The average Bonchev–Trinajstić information content (AvgIpc) is 3.76. The molecule has 2 aliphatic heterocycles. The first-order valence-electron chi connectivity index (χ1n) is 16.7. The zero-order valence-corrected chi connectivity index (χ0v) is 28.7. The predicted molar refractivity (Wildman–Crippen MR) is 180 cm³/mol. The highest BCUT2D eigenvalue weighted by Gasteiger charge is 2.52. The molecular weight excluding hydrogens is 664 g/mol. The highest BCUT2D eigenvalue weighted by atomic mass is 16.7. The summed E-state index contributed by atoms with van der Waals surface area (Å²) >= 11 is 0. The van der Waals surface area contributed by atoms with E-state index in [9.17, 15) is 24.3 Å². The maximum Gasteiger partial charge on any atom is 0.328 e. The lowest BCUT2D eigenvalue weighted by Gasteiger charge is -2.40. The van der Waals surface area contributed by atoms with E-state index in [0.717, 1.165) is 11.1 Å². The predicted octanol–water partition coefficient (Wildman–Crippen LogP) is 4.23. The van der Waals surface area contributed by atoms with Gasteiger partial charge in [-0.15, -0.1) is 0 Å². The minimum absolute atomic E-state index is 0.0244. The smallest absolute Gasteiger partial charge is 0.328 e. The molecule has 0 aromatic heterocycles. The molecule has 270 valence electrons. The molecule has 3 aliphatic rings. The molecule has 14 nitrogen and oxygen atoms in total. The van der Waals surface area contributed by atoms with Crippen molar-refractivity contribution in [2.75, 3.05) is 46.1 Å². The van der Waals surface area contributed by atoms with E-state index in [1.807, 2.05) is 12.1 Å². The van der Waals surface area contributed by atoms with Crippen LogP contribution in [-0.2, 0) is 28.6 Å². The van der Waals surface area contributed by atoms with Crippen LogP contribution in [0.5, 0.6) is 28.7 Å². The number of benzene rings is 3. The second-order valence-electron chi connectivity index (χ2n) is 12.2. The van der Waals surface area contributed by atoms with Crippen LogP contribution < -0.4 is 29.6 Å². The van der Waals surface area contributed by atoms with Crippen molar-refractivity contribution < 1.29 is 57.4 Å². The Kier molecular flexibility index (Phi) is 10.4. The van der Waals surface area contributed by atoms with Crippen LogP contribution in [0.15, 0.2) is 48.5 Å². The van der Waals surface area contributed by atoms with Crippen LogP contribution in [0.4, 0.5) is 5.69 Å². The number of fused-ring (bicyclic) bond motifs is 3. The Hall–Kier alpha value is -5.66. The van der Waals surface area contributed by atoms with Gasteiger partial charge < -0.3 is 48.9 Å². The maximum atomic E-state index is 13.5. The van der Waals surface area contributed by atoms with E-state index in [1.165, 1.54) is 14.2 Å². The van der Waals surface area contributed by atoms with E-state index in [0.29, 0.717) is 22.7 Å². The Morgan fingerprint density at radius 1 is 0.902 bits per heavy atom. The highest BCUT2D eigenvalue weighted by molar-refractivity contribution is 5.97. The summed E-state index contributed by atoms with van der Waals surface area (Å²) in [4.78, 5) is 51.2. The fourth-order valence-corrected chi connectivity index (χ4v) is 6.97. The number of cyclic esters (lactones) is 1. The number of aromatic hydroxyl groups is 1. The van der Waals surface area contributed by atoms with Crippen molar-refractivity contribution in [1.82, 2.24) is 5.32 Å². The quantitative estimate of drug-likeness (QED) is 0.170. The van der Waals surface area contributed by atoms with Crippen LogP contribution in [0.25, 0.3) is 0 Å². The summed E-state index contributed by atoms with van der Waals surface area (Å²) < 4.78 is 38.1. The van der Waals surface area contributed by atoms with Gasteiger partial charge in [0.05, 0.1) is 46.0 Å². The van der Waals surface area contributed by atoms with Crippen molar-refractivity contribution in [3.63, 3.8) is 0 Å². The highest BCUT2D eigenvalue weighted by Crippen LogP contribution is 2.56. The van der Waals surface area contributed by atoms with Gasteiger partial charge in [-0.1, -0.05) is 0 Å². The Balaban J connectivity index is 1.29. The summed E-state index contributed by atoms with van der Waals surface area (Å²) in [5.74, 6) is -2.09. The Morgan fingerprint density at radius 2 is 1.55 bits per heavy atom. The van der Waals surface area contributed by atoms with Crippen LogP contribution in [0, 0.1) is 11.8 Å². The van der Waals surface area contributed by atoms with Gasteiger partial charge in [0.25, 0.3) is 5.91 Å². The SMILES string of the molecule is CCOC(=O)CC[C@@H](NC(=O)c1ccc(N[C@@H]2c3cc4c(cc3C(c3cc(OC)c(O)c(OC)c3)C3C(=O)OC[C@@H]32)OCO4)cc1)C(=O)OCC. The van der Waals surface area contributed by atoms with Crippen LogP contribution in [0.2, 0.25) is 0 Å². The van der Waals surface area contributed by atoms with Gasteiger partial charge in [-0.2, -0.15) is 0 Å². The third kappa shape index (κ3) is 7.03. The fraction of sp³-hybridized carbons (Fsp3) is 0.405. The first-order valence-corrected chi connectivity index (χ1v) is 16.7. The second kappa shape index (κ2) is 15.1. The van der Waals surface area contributed by atoms with Crippen LogP contribution in [-0.4, -0.2) is 75.8 Å². The van der Waals surface area contributed by atoms with E-state index in [4.69, 9.17) is 33.2 Å². The maximum absolute atomic E-state index is 13.5. The molecule has 51 heavy (non-hydrogen) atoms. The third-order valence-corrected chi connectivity index (χ3v) is 9.34. The topological polar surface area (TPSA) is 177 Å². The number of carbonyl (C=O) groups is 4. The fourth-order valence-electron chi connectivity index (χ4n) is 6.97. The lowest BCUT2D eigenvalue weighted by Crippen LogP contribution is -2.42. The van der Waals surface area contributed by atoms with Gasteiger partial charge in [0.1, 0.15) is 6.04 Å². The molecule has 2 heterocycles. The summed E-state index contributed by atoms with van der Waals surface area (Å²) in [5, 5.41) is 16.9. The number of phenols is 1. The van der Waals surface area contributed by atoms with E-state index in [1.54, 1.807) is 50.2 Å². The molecule has 0 bridgehead atoms. The first-order chi connectivity index (χ1) is 24.7. The van der Waals surface area contributed by atoms with Gasteiger partial charge in [0, 0.05) is 29.5 Å². The van der Waals surface area contributed by atoms with Crippen LogP contribution >= 0.6 is 0 Å². The Morgan fingerprint density at radius 3 is 2.18 bits per heavy atom. The summed E-state index contributed by atoms with van der Waals surface area (Å²) in [6.45, 7) is 3.88. The van der Waals surface area contributed by atoms with Gasteiger partial charge in [0.15, 0.2) is 23.0 Å². The zero-order valence-electron chi connectivity index (χ0n) is 28.7. The van der Waals surface area contributed by atoms with Crippen molar-refractivity contribution in [2.24, 2.45) is 11.8 Å². The van der Waals surface area contributed by atoms with Gasteiger partial charge in [-0.25, -0.2) is 4.79 Å². The Bertz CT molecular complexity index is 1780. The molecule has 6 rings (SSSR count). The first kappa shape index (κ1) is 35.2. The lowest BCUT2D eigenvalue weighted by molar-refractivity contribution is -0.147. The summed E-state index contributed by atoms with van der Waals surface area (Å²) in [6.07, 6.45) is -0.0383. The van der Waals surface area contributed by atoms with Gasteiger partial charge in [0.2, 0.25) is 12.5 Å². The monoisotopic (exact) mass is 704 g/mol. The molecule has 1 amide bonds. The number of hydrogen-bond acceptors (Lipinski definition) is 13. The summed E-state index contributed by atoms with van der Waals surface area (Å²) in [6, 6.07) is 12.4. The molecule has 3 N–H and O–H groups in total. The number of nitrogens with one attached hydrogen (secondary N) is 2. The summed E-state index contributed by atoms with van der Waals surface area (Å²) in [5.41, 5.74) is 3.29. The molecule has 0 radical (unpaired) electrons. The van der Waals surface area contributed by atoms with E-state index in [-0.39, 0.29) is 74.2 Å². The minimum Gasteiger partial charge on any atom is -0.502 e. The van der Waals surface area contributed by atoms with Crippen LogP contribution in [0.3, 0.4) is 0 Å². The number of anilines is 1. The lowest BCUT2D eigenvalue weighted by atomic mass is 9.65. The van der Waals surface area contributed by atoms with Crippen molar-refractivity contribution in [3.8, 4) is 28.7 Å². The van der Waals surface area contributed by atoms with Crippen molar-refractivity contribution in [1.29, 1.82) is 0 Å². The number of rotatable bonds is 13. The van der Waals surface area contributed by atoms with Crippen molar-refractivity contribution in [2.45, 2.75) is 44.7 Å². The number of hydrogen-bond donors (Lipinski definition) is 3. The van der Waals surface area contributed by atoms with Gasteiger partial charge in [-0.3, -0.25) is 14.4 Å². The zero-order chi connectivity index (χ0) is 36.2. The average molecular weight is 705 g/mol. The van der Waals surface area contributed by atoms with Gasteiger partial charge in [-0.05, 0) is 85.5 Å². The summed E-state index contributed by atoms with van der Waals surface area (Å²) in [7, 11) is 2.88. The van der Waals surface area contributed by atoms with Crippen LogP contribution in [0.1, 0.15) is 65.7 Å². The van der Waals surface area contributed by atoms with E-state index in [2.05, 4.69) is 10.6 Å². The number of phenolic OH excluding ortho intramolecular Hbond substituents is 1. The molecule has 5 atom stereocenters. The van der Waals surface area contributed by atoms with Crippen molar-refractivity contribution in [3.05, 3.63) is 70.8 Å². The molecule has 0 spiro atoms. The molecule has 14 heteroatoms. The Labute approximate surface area is 294 Å². The van der Waals surface area contributed by atoms with E-state index < -0.39 is 41.8 Å². The molecule has 1 saturated heterocycles. The molecule has 3 aromatic carbocycles. The molecule has 1 aliphatic carbocycles. The molecular formula is C37H40N2O12. The largest absolute Gasteiger partial charge is 0.502 e. The number of methoxy groups -OCH3 is 2. The molecule has 2 unspecified atom stereocenters. The molecule has 1 fully saturated rings. The third-order valence-electron chi connectivity index (χ3n) is 9.34. The minimum atomic E-state index is -1.04. The number of ether oxygens (including phenoxy) is 7. The molecule has 0 saturated carbocycles. The number of carbonyl (C=O) groups excluding carboxylic acids is 4. The van der Waals surface area contributed by atoms with Crippen molar-refractivity contribution >= 4 is 29.5 Å².